The van der Waals surface area contributed by atoms with Crippen molar-refractivity contribution in [3.8, 4) is 0 Å². The zero-order valence-corrected chi connectivity index (χ0v) is 7.79. The van der Waals surface area contributed by atoms with E-state index in [2.05, 4.69) is 20.1 Å². The van der Waals surface area contributed by atoms with Crippen molar-refractivity contribution in [2.45, 2.75) is 19.8 Å². The lowest BCUT2D eigenvalue weighted by Gasteiger charge is -2.09. The zero-order valence-electron chi connectivity index (χ0n) is 7.79. The van der Waals surface area contributed by atoms with Gasteiger partial charge in [0.15, 0.2) is 0 Å². The van der Waals surface area contributed by atoms with Crippen molar-refractivity contribution in [2.75, 3.05) is 13.2 Å². The van der Waals surface area contributed by atoms with Crippen LogP contribution >= 0.6 is 0 Å². The molecular formula is C10H18O2. The maximum Gasteiger partial charge on any atom is 0.0875 e. The van der Waals surface area contributed by atoms with Crippen molar-refractivity contribution in [2.24, 2.45) is 5.92 Å². The monoisotopic (exact) mass is 170 g/mol. The largest absolute Gasteiger partial charge is 0.502 e. The Kier molecular flexibility index (Phi) is 7.55. The molecule has 0 aliphatic rings. The first-order valence-corrected chi connectivity index (χ1v) is 4.26. The second-order valence-electron chi connectivity index (χ2n) is 2.76. The molecular weight excluding hydrogens is 152 g/mol. The lowest BCUT2D eigenvalue weighted by Crippen LogP contribution is -2.02. The molecule has 0 heterocycles. The molecule has 0 atom stereocenters. The van der Waals surface area contributed by atoms with E-state index in [1.165, 1.54) is 12.5 Å². The van der Waals surface area contributed by atoms with Crippen LogP contribution in [0.2, 0.25) is 0 Å². The predicted octanol–water partition coefficient (Wildman–Crippen LogP) is 2.72. The average Bonchev–Trinajstić information content (AvgIpc) is 2.06. The Hall–Kier alpha value is -0.920. The van der Waals surface area contributed by atoms with Gasteiger partial charge < -0.3 is 9.47 Å². The Morgan fingerprint density at radius 2 is 1.50 bits per heavy atom. The first kappa shape index (κ1) is 11.1. The summed E-state index contributed by atoms with van der Waals surface area (Å²) < 4.78 is 10.0. The maximum absolute atomic E-state index is 5.01. The van der Waals surface area contributed by atoms with E-state index in [0.717, 1.165) is 26.1 Å². The van der Waals surface area contributed by atoms with Gasteiger partial charge in [0.05, 0.1) is 25.7 Å². The Morgan fingerprint density at radius 3 is 1.83 bits per heavy atom. The van der Waals surface area contributed by atoms with E-state index >= 15 is 0 Å². The number of rotatable bonds is 8. The van der Waals surface area contributed by atoms with Crippen LogP contribution in [0.4, 0.5) is 0 Å². The molecule has 0 aromatic heterocycles. The minimum absolute atomic E-state index is 0.630. The van der Waals surface area contributed by atoms with Gasteiger partial charge in [0.25, 0.3) is 0 Å². The summed E-state index contributed by atoms with van der Waals surface area (Å²) >= 11 is 0. The van der Waals surface area contributed by atoms with Gasteiger partial charge in [-0.3, -0.25) is 0 Å². The normalized spacial score (nSPS) is 9.50. The smallest absolute Gasteiger partial charge is 0.0875 e. The van der Waals surface area contributed by atoms with E-state index in [4.69, 9.17) is 9.47 Å². The van der Waals surface area contributed by atoms with E-state index in [-0.39, 0.29) is 0 Å². The molecule has 0 saturated carbocycles. The van der Waals surface area contributed by atoms with Gasteiger partial charge >= 0.3 is 0 Å². The fourth-order valence-corrected chi connectivity index (χ4v) is 0.849. The standard InChI is InChI=1S/C10H18O2/c1-4-11-8-6-10(3)7-9-12-5-2/h4-5,10H,1-2,6-9H2,3H3. The van der Waals surface area contributed by atoms with Crippen molar-refractivity contribution in [1.82, 2.24) is 0 Å². The minimum Gasteiger partial charge on any atom is -0.502 e. The molecule has 0 aliphatic carbocycles. The molecule has 0 radical (unpaired) electrons. The van der Waals surface area contributed by atoms with Gasteiger partial charge in [-0.2, -0.15) is 0 Å². The Labute approximate surface area is 74.9 Å². The highest BCUT2D eigenvalue weighted by Crippen LogP contribution is 2.07. The SMILES string of the molecule is C=COCCC(C)CCOC=C. The minimum atomic E-state index is 0.630. The average molecular weight is 170 g/mol. The summed E-state index contributed by atoms with van der Waals surface area (Å²) in [5, 5.41) is 0. The summed E-state index contributed by atoms with van der Waals surface area (Å²) in [6.45, 7) is 10.6. The highest BCUT2D eigenvalue weighted by molar-refractivity contribution is 4.56. The number of hydrogen-bond acceptors (Lipinski definition) is 2. The van der Waals surface area contributed by atoms with E-state index in [1.54, 1.807) is 0 Å². The Bertz CT molecular complexity index is 107. The highest BCUT2D eigenvalue weighted by Gasteiger charge is 2.00. The summed E-state index contributed by atoms with van der Waals surface area (Å²) in [7, 11) is 0. The van der Waals surface area contributed by atoms with Crippen molar-refractivity contribution in [1.29, 1.82) is 0 Å². The van der Waals surface area contributed by atoms with Crippen molar-refractivity contribution in [3.05, 3.63) is 25.7 Å². The molecule has 70 valence electrons. The summed E-state index contributed by atoms with van der Waals surface area (Å²) in [6.07, 6.45) is 5.05. The second-order valence-corrected chi connectivity index (χ2v) is 2.76. The van der Waals surface area contributed by atoms with Crippen LogP contribution in [0.15, 0.2) is 25.7 Å². The molecule has 0 aliphatic heterocycles. The highest BCUT2D eigenvalue weighted by atomic mass is 16.5. The molecule has 0 amide bonds. The zero-order chi connectivity index (χ0) is 9.23. The number of ether oxygens (including phenoxy) is 2. The molecule has 0 unspecified atom stereocenters. The molecule has 0 aromatic rings. The summed E-state index contributed by atoms with van der Waals surface area (Å²) in [6, 6.07) is 0. The van der Waals surface area contributed by atoms with Crippen LogP contribution in [0.25, 0.3) is 0 Å². The predicted molar refractivity (Wildman–Crippen MR) is 50.7 cm³/mol. The molecule has 0 rings (SSSR count). The maximum atomic E-state index is 5.01. The van der Waals surface area contributed by atoms with Gasteiger partial charge in [0, 0.05) is 0 Å². The van der Waals surface area contributed by atoms with Gasteiger partial charge in [0.1, 0.15) is 0 Å². The van der Waals surface area contributed by atoms with E-state index in [1.807, 2.05) is 0 Å². The van der Waals surface area contributed by atoms with Gasteiger partial charge in [0.2, 0.25) is 0 Å². The van der Waals surface area contributed by atoms with E-state index in [9.17, 15) is 0 Å². The lowest BCUT2D eigenvalue weighted by atomic mass is 10.1. The first-order chi connectivity index (χ1) is 5.81. The quantitative estimate of drug-likeness (QED) is 0.412. The molecule has 12 heavy (non-hydrogen) atoms. The third-order valence-electron chi connectivity index (χ3n) is 1.69. The Balaban J connectivity index is 3.14. The van der Waals surface area contributed by atoms with Crippen LogP contribution in [0.5, 0.6) is 0 Å². The summed E-state index contributed by atoms with van der Waals surface area (Å²) in [5.74, 6) is 0.630. The molecule has 0 saturated heterocycles. The van der Waals surface area contributed by atoms with Gasteiger partial charge in [-0.15, -0.1) is 0 Å². The molecule has 0 spiro atoms. The first-order valence-electron chi connectivity index (χ1n) is 4.26. The molecule has 0 fully saturated rings. The van der Waals surface area contributed by atoms with Gasteiger partial charge in [-0.05, 0) is 18.8 Å². The molecule has 0 bridgehead atoms. The van der Waals surface area contributed by atoms with Crippen LogP contribution in [-0.4, -0.2) is 13.2 Å². The van der Waals surface area contributed by atoms with Crippen LogP contribution in [0.3, 0.4) is 0 Å². The van der Waals surface area contributed by atoms with E-state index < -0.39 is 0 Å². The van der Waals surface area contributed by atoms with E-state index in [0.29, 0.717) is 5.92 Å². The molecule has 0 N–H and O–H groups in total. The van der Waals surface area contributed by atoms with Crippen LogP contribution in [0, 0.1) is 5.92 Å². The van der Waals surface area contributed by atoms with Gasteiger partial charge in [-0.1, -0.05) is 20.1 Å². The lowest BCUT2D eigenvalue weighted by molar-refractivity contribution is 0.193. The van der Waals surface area contributed by atoms with Crippen molar-refractivity contribution >= 4 is 0 Å². The second kappa shape index (κ2) is 8.18. The molecule has 2 heteroatoms. The topological polar surface area (TPSA) is 18.5 Å². The fourth-order valence-electron chi connectivity index (χ4n) is 0.849. The fraction of sp³-hybridized carbons (Fsp3) is 0.600. The Morgan fingerprint density at radius 1 is 1.08 bits per heavy atom. The van der Waals surface area contributed by atoms with Crippen LogP contribution < -0.4 is 0 Å². The van der Waals surface area contributed by atoms with Crippen LogP contribution in [0.1, 0.15) is 19.8 Å². The summed E-state index contributed by atoms with van der Waals surface area (Å²) in [5.41, 5.74) is 0. The summed E-state index contributed by atoms with van der Waals surface area (Å²) in [4.78, 5) is 0. The molecule has 0 aromatic carbocycles. The van der Waals surface area contributed by atoms with Crippen LogP contribution in [-0.2, 0) is 9.47 Å². The number of hydrogen-bond donors (Lipinski definition) is 0. The third kappa shape index (κ3) is 7.19. The van der Waals surface area contributed by atoms with Gasteiger partial charge in [-0.25, -0.2) is 0 Å². The van der Waals surface area contributed by atoms with Crippen molar-refractivity contribution in [3.63, 3.8) is 0 Å². The third-order valence-corrected chi connectivity index (χ3v) is 1.69. The molecule has 2 nitrogen and oxygen atoms in total. The van der Waals surface area contributed by atoms with Crippen molar-refractivity contribution < 1.29 is 9.47 Å².